The lowest BCUT2D eigenvalue weighted by Gasteiger charge is -2.20. The van der Waals surface area contributed by atoms with E-state index in [9.17, 15) is 9.59 Å². The molecule has 0 bridgehead atoms. The fourth-order valence-corrected chi connectivity index (χ4v) is 6.33. The zero-order valence-corrected chi connectivity index (χ0v) is 31.5. The second-order valence-corrected chi connectivity index (χ2v) is 13.5. The molecule has 2 heterocycles. The van der Waals surface area contributed by atoms with Gasteiger partial charge in [-0.3, -0.25) is 19.4 Å². The first-order chi connectivity index (χ1) is 26.5. The van der Waals surface area contributed by atoms with Gasteiger partial charge in [-0.1, -0.05) is 100 Å². The van der Waals surface area contributed by atoms with E-state index in [2.05, 4.69) is 13.8 Å². The number of hydrogen-bond acceptors (Lipinski definition) is 6. The summed E-state index contributed by atoms with van der Waals surface area (Å²) in [5.41, 5.74) is 4.48. The van der Waals surface area contributed by atoms with Crippen LogP contribution in [0.25, 0.3) is 12.2 Å². The maximum Gasteiger partial charge on any atom is 0.278 e. The van der Waals surface area contributed by atoms with Crippen molar-refractivity contribution in [2.75, 3.05) is 26.3 Å². The van der Waals surface area contributed by atoms with Gasteiger partial charge in [0, 0.05) is 24.2 Å². The molecule has 0 saturated carbocycles. The molecule has 4 aromatic carbocycles. The minimum atomic E-state index is -0.0971. The Bertz CT molecular complexity index is 1820. The smallest absolute Gasteiger partial charge is 0.278 e. The summed E-state index contributed by atoms with van der Waals surface area (Å²) in [6, 6.07) is 35.3. The molecule has 0 fully saturated rings. The van der Waals surface area contributed by atoms with Gasteiger partial charge in [0.15, 0.2) is 0 Å². The first kappa shape index (κ1) is 38.0. The maximum atomic E-state index is 13.7. The molecule has 0 saturated heterocycles. The topological polar surface area (TPSA) is 83.8 Å². The van der Waals surface area contributed by atoms with E-state index in [1.165, 1.54) is 0 Å². The van der Waals surface area contributed by atoms with E-state index in [0.717, 1.165) is 85.1 Å². The van der Waals surface area contributed by atoms with Crippen molar-refractivity contribution in [1.82, 2.24) is 9.80 Å². The van der Waals surface area contributed by atoms with Gasteiger partial charge in [-0.15, -0.1) is 0 Å². The summed E-state index contributed by atoms with van der Waals surface area (Å²) in [6.45, 7) is 6.73. The number of amides is 2. The third-order valence-electron chi connectivity index (χ3n) is 9.37. The van der Waals surface area contributed by atoms with Crippen LogP contribution in [0.2, 0.25) is 0 Å². The quantitative estimate of drug-likeness (QED) is 0.0713. The van der Waals surface area contributed by atoms with Gasteiger partial charge in [-0.25, -0.2) is 9.98 Å². The highest BCUT2D eigenvalue weighted by molar-refractivity contribution is 6.20. The molecule has 2 aliphatic rings. The van der Waals surface area contributed by atoms with Crippen LogP contribution in [0.5, 0.6) is 11.5 Å². The predicted molar refractivity (Wildman–Crippen MR) is 217 cm³/mol. The Morgan fingerprint density at radius 1 is 0.500 bits per heavy atom. The highest BCUT2D eigenvalue weighted by Gasteiger charge is 2.32. The summed E-state index contributed by atoms with van der Waals surface area (Å²) in [6.07, 6.45) is 11.2. The van der Waals surface area contributed by atoms with Gasteiger partial charge in [-0.05, 0) is 97.5 Å². The normalized spacial score (nSPS) is 15.7. The van der Waals surface area contributed by atoms with Gasteiger partial charge >= 0.3 is 0 Å². The number of nitrogens with zero attached hydrogens (tertiary/aromatic N) is 4. The van der Waals surface area contributed by atoms with Crippen molar-refractivity contribution in [3.63, 3.8) is 0 Å². The maximum absolute atomic E-state index is 13.7. The van der Waals surface area contributed by atoms with Crippen molar-refractivity contribution in [2.45, 2.75) is 65.2 Å². The summed E-state index contributed by atoms with van der Waals surface area (Å²) in [4.78, 5) is 40.7. The largest absolute Gasteiger partial charge is 0.494 e. The summed E-state index contributed by atoms with van der Waals surface area (Å²) in [5, 5.41) is 0. The molecule has 0 radical (unpaired) electrons. The fraction of sp³-hybridized carbons (Fsp3) is 0.304. The number of carbonyl (C=O) groups excluding carboxylic acids is 2. The van der Waals surface area contributed by atoms with Crippen molar-refractivity contribution in [1.29, 1.82) is 0 Å². The Morgan fingerprint density at radius 2 is 0.889 bits per heavy atom. The molecular weight excluding hydrogens is 673 g/mol. The molecule has 4 aromatic rings. The number of aliphatic imine (C=N–C) groups is 2. The van der Waals surface area contributed by atoms with Crippen LogP contribution in [-0.2, 0) is 9.59 Å². The molecule has 0 aromatic heterocycles. The highest BCUT2D eigenvalue weighted by Crippen LogP contribution is 2.26. The van der Waals surface area contributed by atoms with Crippen molar-refractivity contribution in [3.05, 3.63) is 143 Å². The number of carbonyl (C=O) groups is 2. The molecule has 2 amide bonds. The molecular formula is C46H50N4O4. The molecule has 0 N–H and O–H groups in total. The van der Waals surface area contributed by atoms with E-state index >= 15 is 0 Å². The molecule has 278 valence electrons. The van der Waals surface area contributed by atoms with Gasteiger partial charge in [0.2, 0.25) is 0 Å². The van der Waals surface area contributed by atoms with Crippen LogP contribution in [0.1, 0.15) is 87.5 Å². The number of rotatable bonds is 19. The Kier molecular flexibility index (Phi) is 13.6. The molecule has 8 heteroatoms. The second kappa shape index (κ2) is 19.4. The number of benzene rings is 4. The van der Waals surface area contributed by atoms with Crippen LogP contribution >= 0.6 is 0 Å². The second-order valence-electron chi connectivity index (χ2n) is 13.5. The molecule has 6 rings (SSSR count). The Morgan fingerprint density at radius 3 is 1.26 bits per heavy atom. The first-order valence-electron chi connectivity index (χ1n) is 19.3. The molecule has 2 aliphatic heterocycles. The van der Waals surface area contributed by atoms with E-state index in [0.29, 0.717) is 49.4 Å². The SMILES string of the molecule is CCCCOc1ccc(C2=NC(=Cc3ccccc3)C(=O)N2CCCCCCN2C(=O)C(=Cc3ccccc3)N=C2c2ccc(OCCCC)cc2)cc1. The molecule has 0 unspecified atom stereocenters. The van der Waals surface area contributed by atoms with Crippen molar-refractivity contribution in [3.8, 4) is 11.5 Å². The number of unbranched alkanes of at least 4 members (excludes halogenated alkanes) is 5. The van der Waals surface area contributed by atoms with Gasteiger partial charge in [0.25, 0.3) is 11.8 Å². The summed E-state index contributed by atoms with van der Waals surface area (Å²) >= 11 is 0. The standard InChI is InChI=1S/C46H50N4O4/c1-3-5-31-53-39-25-21-37(22-26-39)43-47-41(33-35-17-11-9-12-18-35)45(51)49(43)29-15-7-8-16-30-50-44(38-23-27-40(28-24-38)54-32-6-4-2)48-42(46(50)52)34-36-19-13-10-14-20-36/h9-14,17-28,33-34H,3-8,15-16,29-32H2,1-2H3. The van der Waals surface area contributed by atoms with Crippen LogP contribution in [-0.4, -0.2) is 59.6 Å². The van der Waals surface area contributed by atoms with Crippen LogP contribution in [0.3, 0.4) is 0 Å². The average Bonchev–Trinajstić information content (AvgIpc) is 3.68. The minimum Gasteiger partial charge on any atom is -0.494 e. The molecule has 8 nitrogen and oxygen atoms in total. The fourth-order valence-electron chi connectivity index (χ4n) is 6.33. The van der Waals surface area contributed by atoms with Crippen LogP contribution in [0, 0.1) is 0 Å². The predicted octanol–water partition coefficient (Wildman–Crippen LogP) is 9.56. The van der Waals surface area contributed by atoms with E-state index in [4.69, 9.17) is 19.5 Å². The lowest BCUT2D eigenvalue weighted by atomic mass is 10.1. The zero-order valence-electron chi connectivity index (χ0n) is 31.5. The van der Waals surface area contributed by atoms with Crippen LogP contribution in [0.4, 0.5) is 0 Å². The Balaban J connectivity index is 1.09. The van der Waals surface area contributed by atoms with Gasteiger partial charge < -0.3 is 9.47 Å². The number of amidine groups is 2. The zero-order chi connectivity index (χ0) is 37.5. The first-order valence-corrected chi connectivity index (χ1v) is 19.3. The van der Waals surface area contributed by atoms with Crippen molar-refractivity contribution >= 4 is 35.6 Å². The lowest BCUT2D eigenvalue weighted by Crippen LogP contribution is -2.34. The van der Waals surface area contributed by atoms with Gasteiger partial charge in [-0.2, -0.15) is 0 Å². The summed E-state index contributed by atoms with van der Waals surface area (Å²) in [7, 11) is 0. The third kappa shape index (κ3) is 10.0. The number of ether oxygens (including phenoxy) is 2. The van der Waals surface area contributed by atoms with Crippen molar-refractivity contribution < 1.29 is 19.1 Å². The van der Waals surface area contributed by atoms with Crippen molar-refractivity contribution in [2.24, 2.45) is 9.98 Å². The molecule has 0 spiro atoms. The summed E-state index contributed by atoms with van der Waals surface area (Å²) in [5.74, 6) is 2.74. The van der Waals surface area contributed by atoms with E-state index in [1.54, 1.807) is 9.80 Å². The average molecular weight is 723 g/mol. The van der Waals surface area contributed by atoms with Crippen LogP contribution < -0.4 is 9.47 Å². The number of hydrogen-bond donors (Lipinski definition) is 0. The van der Waals surface area contributed by atoms with Gasteiger partial charge in [0.05, 0.1) is 13.2 Å². The molecule has 0 atom stereocenters. The van der Waals surface area contributed by atoms with E-state index < -0.39 is 0 Å². The van der Waals surface area contributed by atoms with E-state index in [-0.39, 0.29) is 11.8 Å². The molecule has 0 aliphatic carbocycles. The summed E-state index contributed by atoms with van der Waals surface area (Å²) < 4.78 is 11.7. The lowest BCUT2D eigenvalue weighted by molar-refractivity contribution is -0.123. The Labute approximate surface area is 319 Å². The Hall–Kier alpha value is -5.76. The molecule has 54 heavy (non-hydrogen) atoms. The third-order valence-corrected chi connectivity index (χ3v) is 9.37. The van der Waals surface area contributed by atoms with Crippen LogP contribution in [0.15, 0.2) is 131 Å². The van der Waals surface area contributed by atoms with E-state index in [1.807, 2.05) is 121 Å². The monoisotopic (exact) mass is 722 g/mol. The highest BCUT2D eigenvalue weighted by atomic mass is 16.5. The minimum absolute atomic E-state index is 0.0971. The van der Waals surface area contributed by atoms with Gasteiger partial charge in [0.1, 0.15) is 34.6 Å².